The molecule has 4 nitrogen and oxygen atoms in total. The standard InChI is InChI=1S/C15H17BrN2O2S/c1-10(2)18(9-14(19)20)8-13-7-17-15(21-13)11-3-5-12(16)6-4-11/h3-7,10H,8-9H2,1-2H3,(H,19,20). The van der Waals surface area contributed by atoms with E-state index < -0.39 is 5.97 Å². The number of hydrogen-bond acceptors (Lipinski definition) is 4. The van der Waals surface area contributed by atoms with Crippen LogP contribution in [0.25, 0.3) is 10.6 Å². The second-order valence-corrected chi connectivity index (χ2v) is 7.06. The van der Waals surface area contributed by atoms with Crippen LogP contribution in [0.5, 0.6) is 0 Å². The second kappa shape index (κ2) is 7.15. The summed E-state index contributed by atoms with van der Waals surface area (Å²) in [7, 11) is 0. The third kappa shape index (κ3) is 4.62. The highest BCUT2D eigenvalue weighted by atomic mass is 79.9. The minimum absolute atomic E-state index is 0.0448. The normalized spacial score (nSPS) is 11.3. The fourth-order valence-corrected chi connectivity index (χ4v) is 3.11. The molecule has 112 valence electrons. The van der Waals surface area contributed by atoms with Gasteiger partial charge < -0.3 is 5.11 Å². The summed E-state index contributed by atoms with van der Waals surface area (Å²) < 4.78 is 1.04. The van der Waals surface area contributed by atoms with Gasteiger partial charge in [0.25, 0.3) is 0 Å². The summed E-state index contributed by atoms with van der Waals surface area (Å²) in [6, 6.07) is 8.19. The van der Waals surface area contributed by atoms with E-state index in [1.54, 1.807) is 11.3 Å². The van der Waals surface area contributed by atoms with Crippen LogP contribution in [0.1, 0.15) is 18.7 Å². The van der Waals surface area contributed by atoms with Crippen LogP contribution in [-0.4, -0.2) is 33.5 Å². The molecule has 0 aliphatic rings. The third-order valence-electron chi connectivity index (χ3n) is 3.07. The van der Waals surface area contributed by atoms with Gasteiger partial charge in [-0.2, -0.15) is 0 Å². The van der Waals surface area contributed by atoms with E-state index in [2.05, 4.69) is 20.9 Å². The van der Waals surface area contributed by atoms with Crippen molar-refractivity contribution in [1.29, 1.82) is 0 Å². The number of nitrogens with zero attached hydrogens (tertiary/aromatic N) is 2. The third-order valence-corrected chi connectivity index (χ3v) is 4.63. The zero-order valence-electron chi connectivity index (χ0n) is 11.9. The van der Waals surface area contributed by atoms with Crippen molar-refractivity contribution in [2.45, 2.75) is 26.4 Å². The molecule has 0 unspecified atom stereocenters. The summed E-state index contributed by atoms with van der Waals surface area (Å²) in [5.74, 6) is -0.804. The van der Waals surface area contributed by atoms with Gasteiger partial charge in [-0.3, -0.25) is 9.69 Å². The molecule has 0 atom stereocenters. The van der Waals surface area contributed by atoms with E-state index in [0.29, 0.717) is 6.54 Å². The zero-order chi connectivity index (χ0) is 15.4. The molecule has 0 fully saturated rings. The molecule has 1 aromatic carbocycles. The predicted octanol–water partition coefficient (Wildman–Crippen LogP) is 3.87. The average Bonchev–Trinajstić information content (AvgIpc) is 2.87. The molecule has 1 N–H and O–H groups in total. The predicted molar refractivity (Wildman–Crippen MR) is 88.4 cm³/mol. The van der Waals surface area contributed by atoms with Crippen molar-refractivity contribution in [2.24, 2.45) is 0 Å². The smallest absolute Gasteiger partial charge is 0.317 e. The maximum atomic E-state index is 10.9. The molecule has 0 saturated heterocycles. The van der Waals surface area contributed by atoms with Gasteiger partial charge in [-0.1, -0.05) is 28.1 Å². The number of carboxylic acids is 1. The molecule has 1 aromatic heterocycles. The zero-order valence-corrected chi connectivity index (χ0v) is 14.3. The Bertz CT molecular complexity index is 610. The first kappa shape index (κ1) is 16.1. The molecule has 0 amide bonds. The first-order chi connectivity index (χ1) is 9.95. The summed E-state index contributed by atoms with van der Waals surface area (Å²) in [6.45, 7) is 4.65. The highest BCUT2D eigenvalue weighted by Gasteiger charge is 2.15. The Morgan fingerprint density at radius 1 is 1.38 bits per heavy atom. The van der Waals surface area contributed by atoms with Crippen molar-refractivity contribution in [3.63, 3.8) is 0 Å². The molecule has 0 aliphatic carbocycles. The summed E-state index contributed by atoms with van der Waals surface area (Å²) in [4.78, 5) is 18.3. The molecule has 0 saturated carbocycles. The van der Waals surface area contributed by atoms with Crippen LogP contribution < -0.4 is 0 Å². The van der Waals surface area contributed by atoms with E-state index in [-0.39, 0.29) is 12.6 Å². The number of aromatic nitrogens is 1. The number of aliphatic carboxylic acids is 1. The molecule has 21 heavy (non-hydrogen) atoms. The Morgan fingerprint density at radius 2 is 2.05 bits per heavy atom. The number of carboxylic acid groups (broad SMARTS) is 1. The SMILES string of the molecule is CC(C)N(CC(=O)O)Cc1cnc(-c2ccc(Br)cc2)s1. The topological polar surface area (TPSA) is 53.4 Å². The molecule has 0 aliphatic heterocycles. The molecule has 1 heterocycles. The Hall–Kier alpha value is -1.24. The van der Waals surface area contributed by atoms with E-state index in [4.69, 9.17) is 5.11 Å². The highest BCUT2D eigenvalue weighted by molar-refractivity contribution is 9.10. The van der Waals surface area contributed by atoms with Crippen LogP contribution in [0, 0.1) is 0 Å². The van der Waals surface area contributed by atoms with E-state index in [1.165, 1.54) is 0 Å². The number of halogens is 1. The average molecular weight is 369 g/mol. The minimum atomic E-state index is -0.804. The van der Waals surface area contributed by atoms with Gasteiger partial charge in [0, 0.05) is 33.7 Å². The first-order valence-corrected chi connectivity index (χ1v) is 8.23. The van der Waals surface area contributed by atoms with Crippen LogP contribution >= 0.6 is 27.3 Å². The summed E-state index contributed by atoms with van der Waals surface area (Å²) >= 11 is 5.02. The van der Waals surface area contributed by atoms with Gasteiger partial charge in [0.2, 0.25) is 0 Å². The number of carbonyl (C=O) groups is 1. The van der Waals surface area contributed by atoms with Crippen molar-refractivity contribution in [1.82, 2.24) is 9.88 Å². The Kier molecular flexibility index (Phi) is 5.50. The highest BCUT2D eigenvalue weighted by Crippen LogP contribution is 2.27. The van der Waals surface area contributed by atoms with Crippen LogP contribution in [0.4, 0.5) is 0 Å². The Labute approximate surface area is 136 Å². The Balaban J connectivity index is 2.11. The molecule has 0 bridgehead atoms. The fourth-order valence-electron chi connectivity index (χ4n) is 1.90. The minimum Gasteiger partial charge on any atom is -0.480 e. The van der Waals surface area contributed by atoms with Crippen molar-refractivity contribution in [3.8, 4) is 10.6 Å². The lowest BCUT2D eigenvalue weighted by molar-refractivity contribution is -0.138. The van der Waals surface area contributed by atoms with E-state index in [9.17, 15) is 4.79 Å². The monoisotopic (exact) mass is 368 g/mol. The maximum Gasteiger partial charge on any atom is 0.317 e. The first-order valence-electron chi connectivity index (χ1n) is 6.62. The van der Waals surface area contributed by atoms with Crippen LogP contribution in [0.15, 0.2) is 34.9 Å². The van der Waals surface area contributed by atoms with Crippen LogP contribution in [-0.2, 0) is 11.3 Å². The van der Waals surface area contributed by atoms with Crippen molar-refractivity contribution >= 4 is 33.2 Å². The van der Waals surface area contributed by atoms with Gasteiger partial charge in [0.1, 0.15) is 5.01 Å². The molecular weight excluding hydrogens is 352 g/mol. The molecule has 0 spiro atoms. The van der Waals surface area contributed by atoms with E-state index >= 15 is 0 Å². The lowest BCUT2D eigenvalue weighted by Crippen LogP contribution is -2.34. The van der Waals surface area contributed by atoms with Gasteiger partial charge in [0.15, 0.2) is 0 Å². The van der Waals surface area contributed by atoms with E-state index in [0.717, 1.165) is 19.9 Å². The van der Waals surface area contributed by atoms with Gasteiger partial charge >= 0.3 is 5.97 Å². The van der Waals surface area contributed by atoms with Crippen LogP contribution in [0.3, 0.4) is 0 Å². The second-order valence-electron chi connectivity index (χ2n) is 5.03. The van der Waals surface area contributed by atoms with Crippen LogP contribution in [0.2, 0.25) is 0 Å². The van der Waals surface area contributed by atoms with Gasteiger partial charge in [-0.05, 0) is 26.0 Å². The lowest BCUT2D eigenvalue weighted by Gasteiger charge is -2.23. The van der Waals surface area contributed by atoms with Crippen molar-refractivity contribution in [3.05, 3.63) is 39.8 Å². The van der Waals surface area contributed by atoms with Gasteiger partial charge in [0.05, 0.1) is 6.54 Å². The largest absolute Gasteiger partial charge is 0.480 e. The molecule has 2 aromatic rings. The van der Waals surface area contributed by atoms with Crippen molar-refractivity contribution in [2.75, 3.05) is 6.54 Å². The number of thiazole rings is 1. The van der Waals surface area contributed by atoms with Crippen molar-refractivity contribution < 1.29 is 9.90 Å². The molecule has 0 radical (unpaired) electrons. The summed E-state index contributed by atoms with van der Waals surface area (Å²) in [6.07, 6.45) is 1.83. The van der Waals surface area contributed by atoms with Gasteiger partial charge in [-0.15, -0.1) is 11.3 Å². The molecular formula is C15H17BrN2O2S. The number of rotatable bonds is 6. The molecule has 2 rings (SSSR count). The molecule has 6 heteroatoms. The number of hydrogen-bond donors (Lipinski definition) is 1. The lowest BCUT2D eigenvalue weighted by atomic mass is 10.2. The van der Waals surface area contributed by atoms with E-state index in [1.807, 2.05) is 49.2 Å². The summed E-state index contributed by atoms with van der Waals surface area (Å²) in [5, 5.41) is 9.92. The Morgan fingerprint density at radius 3 is 2.62 bits per heavy atom. The quantitative estimate of drug-likeness (QED) is 0.840. The van der Waals surface area contributed by atoms with Gasteiger partial charge in [-0.25, -0.2) is 4.98 Å². The maximum absolute atomic E-state index is 10.9. The summed E-state index contributed by atoms with van der Waals surface area (Å²) in [5.41, 5.74) is 1.07. The number of benzene rings is 1. The fraction of sp³-hybridized carbons (Fsp3) is 0.333.